The third-order valence-electron chi connectivity index (χ3n) is 4.07. The summed E-state index contributed by atoms with van der Waals surface area (Å²) in [5.41, 5.74) is 10.8. The molecule has 2 heterocycles. The van der Waals surface area contributed by atoms with Gasteiger partial charge >= 0.3 is 0 Å². The van der Waals surface area contributed by atoms with Crippen LogP contribution in [-0.4, -0.2) is 105 Å². The van der Waals surface area contributed by atoms with E-state index >= 15 is 0 Å². The Hall–Kier alpha value is -0.440. The van der Waals surface area contributed by atoms with Crippen molar-refractivity contribution in [2.45, 2.75) is 61.4 Å². The maximum Gasteiger partial charge on any atom is 0.189 e. The van der Waals surface area contributed by atoms with Crippen LogP contribution < -0.4 is 11.5 Å². The van der Waals surface area contributed by atoms with Crippen LogP contribution in [0.25, 0.3) is 0 Å². The van der Waals surface area contributed by atoms with Crippen molar-refractivity contribution in [1.82, 2.24) is 0 Å². The molecule has 23 heavy (non-hydrogen) atoms. The summed E-state index contributed by atoms with van der Waals surface area (Å²) >= 11 is 0. The third-order valence-corrected chi connectivity index (χ3v) is 4.07. The second kappa shape index (κ2) is 7.63. The standard InChI is InChI=1S/C12H24N2O9/c13-1-3-5(15)7(17)9(19)11(21-3)23-12-10(20)8(18)6(16)4(2-14)22-12/h3-12,15-20H,1-2,13-14H2/t3?,4?,5-,6+,7+,8?,9?,10?,11-,12+/m1/s1. The summed E-state index contributed by atoms with van der Waals surface area (Å²) in [7, 11) is 0. The van der Waals surface area contributed by atoms with Crippen LogP contribution in [0.5, 0.6) is 0 Å². The van der Waals surface area contributed by atoms with Gasteiger partial charge in [-0.3, -0.25) is 0 Å². The van der Waals surface area contributed by atoms with Crippen LogP contribution >= 0.6 is 0 Å². The molecule has 11 nitrogen and oxygen atoms in total. The number of ether oxygens (including phenoxy) is 3. The Morgan fingerprint density at radius 3 is 1.26 bits per heavy atom. The van der Waals surface area contributed by atoms with E-state index in [2.05, 4.69) is 0 Å². The predicted octanol–water partition coefficient (Wildman–Crippen LogP) is -5.46. The van der Waals surface area contributed by atoms with Gasteiger partial charge in [-0.2, -0.15) is 0 Å². The lowest BCUT2D eigenvalue weighted by atomic mass is 9.98. The molecule has 11 heteroatoms. The highest BCUT2D eigenvalue weighted by atomic mass is 16.8. The number of hydrogen-bond donors (Lipinski definition) is 8. The Labute approximate surface area is 132 Å². The summed E-state index contributed by atoms with van der Waals surface area (Å²) in [4.78, 5) is 0. The Balaban J connectivity index is 2.07. The summed E-state index contributed by atoms with van der Waals surface area (Å²) in [6, 6.07) is 0. The Morgan fingerprint density at radius 1 is 0.609 bits per heavy atom. The van der Waals surface area contributed by atoms with E-state index < -0.39 is 61.4 Å². The summed E-state index contributed by atoms with van der Waals surface area (Å²) in [6.07, 6.45) is -14.2. The van der Waals surface area contributed by atoms with E-state index in [0.717, 1.165) is 0 Å². The lowest BCUT2D eigenvalue weighted by molar-refractivity contribution is -0.371. The molecule has 0 amide bonds. The fraction of sp³-hybridized carbons (Fsp3) is 1.00. The maximum absolute atomic E-state index is 9.90. The molecule has 2 fully saturated rings. The van der Waals surface area contributed by atoms with Gasteiger partial charge in [0, 0.05) is 13.1 Å². The molecule has 0 aromatic carbocycles. The minimum absolute atomic E-state index is 0.147. The normalized spacial score (nSPS) is 51.7. The zero-order chi connectivity index (χ0) is 17.3. The molecule has 10 N–H and O–H groups in total. The van der Waals surface area contributed by atoms with Crippen molar-refractivity contribution in [3.8, 4) is 0 Å². The molecule has 0 bridgehead atoms. The molecule has 0 saturated carbocycles. The molecule has 0 aliphatic carbocycles. The number of aliphatic hydroxyl groups excluding tert-OH is 6. The van der Waals surface area contributed by atoms with Crippen molar-refractivity contribution in [1.29, 1.82) is 0 Å². The van der Waals surface area contributed by atoms with Crippen LogP contribution in [0.2, 0.25) is 0 Å². The van der Waals surface area contributed by atoms with Gasteiger partial charge in [0.1, 0.15) is 48.8 Å². The van der Waals surface area contributed by atoms with Gasteiger partial charge in [0.2, 0.25) is 0 Å². The molecule has 136 valence electrons. The van der Waals surface area contributed by atoms with Gasteiger partial charge in [-0.25, -0.2) is 0 Å². The average Bonchev–Trinajstić information content (AvgIpc) is 2.55. The quantitative estimate of drug-likeness (QED) is 0.242. The van der Waals surface area contributed by atoms with Gasteiger partial charge in [0.15, 0.2) is 12.6 Å². The molecule has 2 aliphatic rings. The van der Waals surface area contributed by atoms with E-state index in [9.17, 15) is 30.6 Å². The van der Waals surface area contributed by atoms with Gasteiger partial charge in [-0.1, -0.05) is 0 Å². The first-order chi connectivity index (χ1) is 10.8. The molecule has 0 spiro atoms. The van der Waals surface area contributed by atoms with Gasteiger partial charge in [-0.05, 0) is 0 Å². The van der Waals surface area contributed by atoms with E-state index in [1.165, 1.54) is 0 Å². The largest absolute Gasteiger partial charge is 0.388 e. The second-order valence-electron chi connectivity index (χ2n) is 5.64. The van der Waals surface area contributed by atoms with E-state index in [1.807, 2.05) is 0 Å². The fourth-order valence-corrected chi connectivity index (χ4v) is 2.58. The van der Waals surface area contributed by atoms with E-state index in [-0.39, 0.29) is 13.1 Å². The first-order valence-electron chi connectivity index (χ1n) is 7.26. The van der Waals surface area contributed by atoms with Crippen LogP contribution in [0.4, 0.5) is 0 Å². The highest BCUT2D eigenvalue weighted by molar-refractivity contribution is 4.92. The van der Waals surface area contributed by atoms with Gasteiger partial charge in [0.05, 0.1) is 0 Å². The number of nitrogens with two attached hydrogens (primary N) is 2. The molecule has 0 aromatic rings. The maximum atomic E-state index is 9.90. The Bertz CT molecular complexity index is 352. The lowest BCUT2D eigenvalue weighted by Gasteiger charge is -2.44. The minimum atomic E-state index is -1.64. The van der Waals surface area contributed by atoms with Crippen molar-refractivity contribution in [2.24, 2.45) is 11.5 Å². The highest BCUT2D eigenvalue weighted by Crippen LogP contribution is 2.27. The van der Waals surface area contributed by atoms with E-state index in [0.29, 0.717) is 0 Å². The molecule has 2 aliphatic heterocycles. The summed E-state index contributed by atoms with van der Waals surface area (Å²) in [5.74, 6) is 0. The molecular weight excluding hydrogens is 316 g/mol. The monoisotopic (exact) mass is 340 g/mol. The average molecular weight is 340 g/mol. The molecule has 5 unspecified atom stereocenters. The van der Waals surface area contributed by atoms with Gasteiger partial charge in [0.25, 0.3) is 0 Å². The van der Waals surface area contributed by atoms with Crippen molar-refractivity contribution in [3.63, 3.8) is 0 Å². The minimum Gasteiger partial charge on any atom is -0.388 e. The van der Waals surface area contributed by atoms with Crippen molar-refractivity contribution < 1.29 is 44.8 Å². The summed E-state index contributed by atoms with van der Waals surface area (Å²) in [6.45, 7) is -0.294. The first-order valence-corrected chi connectivity index (χ1v) is 7.26. The first kappa shape index (κ1) is 18.9. The molecule has 10 atom stereocenters. The zero-order valence-electron chi connectivity index (χ0n) is 12.3. The van der Waals surface area contributed by atoms with Gasteiger partial charge in [-0.15, -0.1) is 0 Å². The Morgan fingerprint density at radius 2 is 0.957 bits per heavy atom. The fourth-order valence-electron chi connectivity index (χ4n) is 2.58. The highest BCUT2D eigenvalue weighted by Gasteiger charge is 2.49. The van der Waals surface area contributed by atoms with Crippen molar-refractivity contribution in [3.05, 3.63) is 0 Å². The number of aliphatic hydroxyl groups is 6. The lowest BCUT2D eigenvalue weighted by Crippen LogP contribution is -2.64. The van der Waals surface area contributed by atoms with Gasteiger partial charge < -0.3 is 56.3 Å². The SMILES string of the molecule is NCC1O[C@@H](O[C@H]2OC(CN)[C@@H](O)[C@H](O)C2O)C(O)C(O)[C@H]1O. The summed E-state index contributed by atoms with van der Waals surface area (Å²) in [5, 5.41) is 58.8. The molecule has 0 aromatic heterocycles. The van der Waals surface area contributed by atoms with E-state index in [4.69, 9.17) is 25.7 Å². The third kappa shape index (κ3) is 3.65. The van der Waals surface area contributed by atoms with Crippen LogP contribution in [0, 0.1) is 0 Å². The van der Waals surface area contributed by atoms with Crippen LogP contribution in [-0.2, 0) is 14.2 Å². The second-order valence-corrected chi connectivity index (χ2v) is 5.64. The molecule has 0 radical (unpaired) electrons. The van der Waals surface area contributed by atoms with Crippen molar-refractivity contribution >= 4 is 0 Å². The summed E-state index contributed by atoms with van der Waals surface area (Å²) < 4.78 is 15.7. The smallest absolute Gasteiger partial charge is 0.189 e. The number of rotatable bonds is 4. The predicted molar refractivity (Wildman–Crippen MR) is 72.6 cm³/mol. The zero-order valence-corrected chi connectivity index (χ0v) is 12.3. The molecular formula is C12H24N2O9. The number of hydrogen-bond acceptors (Lipinski definition) is 11. The topological polar surface area (TPSA) is 201 Å². The van der Waals surface area contributed by atoms with Crippen LogP contribution in [0.15, 0.2) is 0 Å². The van der Waals surface area contributed by atoms with Crippen LogP contribution in [0.1, 0.15) is 0 Å². The molecule has 2 saturated heterocycles. The van der Waals surface area contributed by atoms with Crippen LogP contribution in [0.3, 0.4) is 0 Å². The Kier molecular flexibility index (Phi) is 6.27. The van der Waals surface area contributed by atoms with E-state index in [1.54, 1.807) is 0 Å². The molecule has 2 rings (SSSR count). The van der Waals surface area contributed by atoms with Crippen molar-refractivity contribution in [2.75, 3.05) is 13.1 Å².